The third-order valence-corrected chi connectivity index (χ3v) is 5.31. The second-order valence-corrected chi connectivity index (χ2v) is 7.05. The molecule has 0 aromatic rings. The number of rotatable bonds is 2. The first-order valence-electron chi connectivity index (χ1n) is 7.70. The van der Waals surface area contributed by atoms with Crippen molar-refractivity contribution in [3.05, 3.63) is 0 Å². The van der Waals surface area contributed by atoms with Crippen LogP contribution in [0.4, 0.5) is 0 Å². The first-order valence-corrected chi connectivity index (χ1v) is 7.70. The standard InChI is InChI=1S/C15H28N2O/c1-14(7-3-10-18-12-14)17-9-4-8-16-15(2,11-17)13-5-6-13/h13,16H,3-12H2,1-2H3. The summed E-state index contributed by atoms with van der Waals surface area (Å²) in [6.45, 7) is 10.4. The van der Waals surface area contributed by atoms with Gasteiger partial charge in [0.25, 0.3) is 0 Å². The summed E-state index contributed by atoms with van der Waals surface area (Å²) in [5, 5.41) is 3.82. The quantitative estimate of drug-likeness (QED) is 0.814. The maximum absolute atomic E-state index is 5.76. The van der Waals surface area contributed by atoms with E-state index in [0.29, 0.717) is 5.54 Å². The van der Waals surface area contributed by atoms with Crippen molar-refractivity contribution in [2.24, 2.45) is 5.92 Å². The first-order chi connectivity index (χ1) is 8.62. The van der Waals surface area contributed by atoms with E-state index in [1.807, 2.05) is 0 Å². The molecule has 1 aliphatic carbocycles. The van der Waals surface area contributed by atoms with Gasteiger partial charge in [-0.05, 0) is 58.4 Å². The van der Waals surface area contributed by atoms with E-state index in [9.17, 15) is 0 Å². The average molecular weight is 252 g/mol. The van der Waals surface area contributed by atoms with E-state index in [1.54, 1.807) is 0 Å². The second-order valence-electron chi connectivity index (χ2n) is 7.05. The van der Waals surface area contributed by atoms with Gasteiger partial charge in [0.15, 0.2) is 0 Å². The van der Waals surface area contributed by atoms with Crippen molar-refractivity contribution in [3.8, 4) is 0 Å². The van der Waals surface area contributed by atoms with Gasteiger partial charge in [0.2, 0.25) is 0 Å². The molecule has 104 valence electrons. The zero-order chi connectivity index (χ0) is 12.6. The highest BCUT2D eigenvalue weighted by Crippen LogP contribution is 2.42. The molecule has 3 nitrogen and oxygen atoms in total. The Labute approximate surface area is 111 Å². The Balaban J connectivity index is 1.73. The largest absolute Gasteiger partial charge is 0.380 e. The summed E-state index contributed by atoms with van der Waals surface area (Å²) in [4.78, 5) is 2.73. The van der Waals surface area contributed by atoms with Crippen molar-refractivity contribution >= 4 is 0 Å². The molecule has 3 heteroatoms. The van der Waals surface area contributed by atoms with Crippen molar-refractivity contribution in [3.63, 3.8) is 0 Å². The SMILES string of the molecule is CC1(C2CC2)CN(C2(C)CCCOC2)CCCN1. The Morgan fingerprint density at radius 1 is 1.22 bits per heavy atom. The van der Waals surface area contributed by atoms with Gasteiger partial charge in [-0.1, -0.05) is 0 Å². The van der Waals surface area contributed by atoms with Crippen LogP contribution in [0.25, 0.3) is 0 Å². The molecule has 0 aromatic carbocycles. The molecule has 1 saturated carbocycles. The van der Waals surface area contributed by atoms with Crippen molar-refractivity contribution in [2.75, 3.05) is 32.8 Å². The molecule has 0 bridgehead atoms. The van der Waals surface area contributed by atoms with E-state index in [0.717, 1.165) is 19.1 Å². The van der Waals surface area contributed by atoms with Crippen LogP contribution >= 0.6 is 0 Å². The van der Waals surface area contributed by atoms with Crippen molar-refractivity contribution in [2.45, 2.75) is 57.0 Å². The van der Waals surface area contributed by atoms with Gasteiger partial charge in [-0.3, -0.25) is 4.90 Å². The molecule has 2 saturated heterocycles. The van der Waals surface area contributed by atoms with Crippen LogP contribution in [0.3, 0.4) is 0 Å². The van der Waals surface area contributed by atoms with Crippen LogP contribution in [-0.4, -0.2) is 48.8 Å². The van der Waals surface area contributed by atoms with E-state index in [-0.39, 0.29) is 5.54 Å². The predicted molar refractivity (Wildman–Crippen MR) is 73.8 cm³/mol. The monoisotopic (exact) mass is 252 g/mol. The lowest BCUT2D eigenvalue weighted by molar-refractivity contribution is -0.0461. The van der Waals surface area contributed by atoms with Gasteiger partial charge in [-0.15, -0.1) is 0 Å². The molecule has 2 atom stereocenters. The summed E-state index contributed by atoms with van der Waals surface area (Å²) < 4.78 is 5.76. The lowest BCUT2D eigenvalue weighted by Crippen LogP contribution is -2.58. The van der Waals surface area contributed by atoms with Crippen molar-refractivity contribution in [1.82, 2.24) is 10.2 Å². The lowest BCUT2D eigenvalue weighted by atomic mass is 9.88. The summed E-state index contributed by atoms with van der Waals surface area (Å²) in [7, 11) is 0. The Kier molecular flexibility index (Phi) is 3.41. The fourth-order valence-corrected chi connectivity index (χ4v) is 3.80. The number of hydrogen-bond donors (Lipinski definition) is 1. The highest BCUT2D eigenvalue weighted by atomic mass is 16.5. The van der Waals surface area contributed by atoms with Crippen molar-refractivity contribution < 1.29 is 4.74 Å². The van der Waals surface area contributed by atoms with Gasteiger partial charge in [0, 0.05) is 30.8 Å². The van der Waals surface area contributed by atoms with Gasteiger partial charge in [0.1, 0.15) is 0 Å². The fraction of sp³-hybridized carbons (Fsp3) is 1.00. The minimum absolute atomic E-state index is 0.278. The number of nitrogens with zero attached hydrogens (tertiary/aromatic N) is 1. The third kappa shape index (κ3) is 2.45. The first kappa shape index (κ1) is 12.9. The van der Waals surface area contributed by atoms with Crippen LogP contribution in [0.1, 0.15) is 46.0 Å². The summed E-state index contributed by atoms with van der Waals surface area (Å²) in [6, 6.07) is 0. The van der Waals surface area contributed by atoms with E-state index in [4.69, 9.17) is 4.74 Å². The molecule has 2 unspecified atom stereocenters. The van der Waals surface area contributed by atoms with Gasteiger partial charge >= 0.3 is 0 Å². The van der Waals surface area contributed by atoms with E-state index >= 15 is 0 Å². The Morgan fingerprint density at radius 2 is 2.06 bits per heavy atom. The molecule has 2 aliphatic heterocycles. The van der Waals surface area contributed by atoms with Crippen molar-refractivity contribution in [1.29, 1.82) is 0 Å². The molecule has 0 amide bonds. The van der Waals surface area contributed by atoms with Crippen LogP contribution in [-0.2, 0) is 4.74 Å². The van der Waals surface area contributed by atoms with E-state index in [2.05, 4.69) is 24.1 Å². The molecule has 18 heavy (non-hydrogen) atoms. The number of hydrogen-bond acceptors (Lipinski definition) is 3. The zero-order valence-corrected chi connectivity index (χ0v) is 12.0. The normalized spacial score (nSPS) is 43.7. The molecule has 3 rings (SSSR count). The highest BCUT2D eigenvalue weighted by molar-refractivity contribution is 5.03. The number of nitrogens with one attached hydrogen (secondary N) is 1. The van der Waals surface area contributed by atoms with Crippen LogP contribution in [0.5, 0.6) is 0 Å². The molecule has 0 aromatic heterocycles. The summed E-state index contributed by atoms with van der Waals surface area (Å²) in [5.41, 5.74) is 0.622. The molecule has 2 heterocycles. The maximum Gasteiger partial charge on any atom is 0.0647 e. The van der Waals surface area contributed by atoms with Crippen LogP contribution in [0.2, 0.25) is 0 Å². The second kappa shape index (κ2) is 4.77. The molecule has 0 spiro atoms. The summed E-state index contributed by atoms with van der Waals surface area (Å²) in [6.07, 6.45) is 6.64. The topological polar surface area (TPSA) is 24.5 Å². The Morgan fingerprint density at radius 3 is 2.72 bits per heavy atom. The van der Waals surface area contributed by atoms with Gasteiger partial charge < -0.3 is 10.1 Å². The minimum atomic E-state index is 0.278. The molecule has 1 N–H and O–H groups in total. The van der Waals surface area contributed by atoms with Gasteiger partial charge in [0.05, 0.1) is 6.61 Å². The molecule has 3 fully saturated rings. The van der Waals surface area contributed by atoms with E-state index < -0.39 is 0 Å². The summed E-state index contributed by atoms with van der Waals surface area (Å²) in [5.74, 6) is 0.909. The van der Waals surface area contributed by atoms with Crippen LogP contribution in [0.15, 0.2) is 0 Å². The van der Waals surface area contributed by atoms with E-state index in [1.165, 1.54) is 51.7 Å². The van der Waals surface area contributed by atoms with Crippen LogP contribution < -0.4 is 5.32 Å². The zero-order valence-electron chi connectivity index (χ0n) is 12.0. The molecular weight excluding hydrogens is 224 g/mol. The fourth-order valence-electron chi connectivity index (χ4n) is 3.80. The Hall–Kier alpha value is -0.120. The predicted octanol–water partition coefficient (Wildman–Crippen LogP) is 2.02. The molecule has 3 aliphatic rings. The average Bonchev–Trinajstić information content (AvgIpc) is 3.16. The molecular formula is C15H28N2O. The lowest BCUT2D eigenvalue weighted by Gasteiger charge is -2.46. The van der Waals surface area contributed by atoms with Gasteiger partial charge in [-0.25, -0.2) is 0 Å². The van der Waals surface area contributed by atoms with Crippen LogP contribution in [0, 0.1) is 5.92 Å². The minimum Gasteiger partial charge on any atom is -0.380 e. The highest BCUT2D eigenvalue weighted by Gasteiger charge is 2.46. The molecule has 0 radical (unpaired) electrons. The van der Waals surface area contributed by atoms with Gasteiger partial charge in [-0.2, -0.15) is 0 Å². The number of ether oxygens (including phenoxy) is 1. The Bertz CT molecular complexity index is 297. The third-order valence-electron chi connectivity index (χ3n) is 5.31. The summed E-state index contributed by atoms with van der Waals surface area (Å²) >= 11 is 0. The smallest absolute Gasteiger partial charge is 0.0647 e. The maximum atomic E-state index is 5.76.